The minimum absolute atomic E-state index is 0.367. The fraction of sp³-hybridized carbons (Fsp3) is 0.273. The molecule has 1 atom stereocenters. The number of para-hydroxylation sites is 1. The van der Waals surface area contributed by atoms with E-state index in [4.69, 9.17) is 15.3 Å². The molecule has 0 heterocycles. The Kier molecular flexibility index (Phi) is 3.54. The third-order valence-electron chi connectivity index (χ3n) is 1.92. The summed E-state index contributed by atoms with van der Waals surface area (Å²) in [6.45, 7) is 1.72. The Bertz CT molecular complexity index is 428. The van der Waals surface area contributed by atoms with Crippen LogP contribution in [0.3, 0.4) is 0 Å². The number of rotatable bonds is 3. The van der Waals surface area contributed by atoms with Gasteiger partial charge < -0.3 is 10.1 Å². The standard InChI is InChI=1S/C11H11N3O/c1-8(6-12)14-11-9(7-13)4-3-5-10(11)15-2/h3-5,8,14H,1-2H3. The van der Waals surface area contributed by atoms with E-state index < -0.39 is 0 Å². The monoisotopic (exact) mass is 201 g/mol. The van der Waals surface area contributed by atoms with Crippen molar-refractivity contribution < 1.29 is 4.74 Å². The molecule has 0 aliphatic rings. The van der Waals surface area contributed by atoms with Crippen LogP contribution < -0.4 is 10.1 Å². The van der Waals surface area contributed by atoms with Crippen LogP contribution in [0.1, 0.15) is 12.5 Å². The Morgan fingerprint density at radius 2 is 2.13 bits per heavy atom. The second-order valence-corrected chi connectivity index (χ2v) is 2.99. The van der Waals surface area contributed by atoms with Crippen molar-refractivity contribution in [3.05, 3.63) is 23.8 Å². The van der Waals surface area contributed by atoms with Gasteiger partial charge >= 0.3 is 0 Å². The summed E-state index contributed by atoms with van der Waals surface area (Å²) in [6.07, 6.45) is 0. The molecule has 1 aromatic rings. The molecule has 1 N–H and O–H groups in total. The maximum atomic E-state index is 8.90. The molecule has 1 aromatic carbocycles. The highest BCUT2D eigenvalue weighted by Gasteiger charge is 2.10. The number of hydrogen-bond donors (Lipinski definition) is 1. The Hall–Kier alpha value is -2.20. The van der Waals surface area contributed by atoms with E-state index in [1.807, 2.05) is 12.1 Å². The maximum Gasteiger partial charge on any atom is 0.143 e. The Labute approximate surface area is 88.7 Å². The van der Waals surface area contributed by atoms with Crippen LogP contribution in [-0.2, 0) is 0 Å². The highest BCUT2D eigenvalue weighted by molar-refractivity contribution is 5.67. The van der Waals surface area contributed by atoms with Gasteiger partial charge in [-0.25, -0.2) is 0 Å². The summed E-state index contributed by atoms with van der Waals surface area (Å²) in [5, 5.41) is 20.5. The van der Waals surface area contributed by atoms with Crippen LogP contribution in [0.4, 0.5) is 5.69 Å². The van der Waals surface area contributed by atoms with Gasteiger partial charge in [0.05, 0.1) is 24.4 Å². The summed E-state index contributed by atoms with van der Waals surface area (Å²) in [5.74, 6) is 0.566. The minimum Gasteiger partial charge on any atom is -0.495 e. The lowest BCUT2D eigenvalue weighted by atomic mass is 10.1. The molecule has 0 aliphatic carbocycles. The second-order valence-electron chi connectivity index (χ2n) is 2.99. The van der Waals surface area contributed by atoms with Crippen molar-refractivity contribution in [2.45, 2.75) is 13.0 Å². The lowest BCUT2D eigenvalue weighted by Gasteiger charge is -2.13. The van der Waals surface area contributed by atoms with Gasteiger partial charge in [-0.15, -0.1) is 0 Å². The van der Waals surface area contributed by atoms with Crippen molar-refractivity contribution >= 4 is 5.69 Å². The van der Waals surface area contributed by atoms with Crippen molar-refractivity contribution in [3.8, 4) is 17.9 Å². The van der Waals surface area contributed by atoms with Crippen LogP contribution >= 0.6 is 0 Å². The lowest BCUT2D eigenvalue weighted by Crippen LogP contribution is -2.13. The van der Waals surface area contributed by atoms with Crippen LogP contribution in [0.5, 0.6) is 5.75 Å². The smallest absolute Gasteiger partial charge is 0.143 e. The molecule has 76 valence electrons. The molecule has 4 heteroatoms. The van der Waals surface area contributed by atoms with E-state index in [1.54, 1.807) is 25.1 Å². The van der Waals surface area contributed by atoms with Gasteiger partial charge in [0.25, 0.3) is 0 Å². The molecule has 0 saturated carbocycles. The third-order valence-corrected chi connectivity index (χ3v) is 1.92. The first-order chi connectivity index (χ1) is 7.22. The first kappa shape index (κ1) is 10.9. The number of methoxy groups -OCH3 is 1. The van der Waals surface area contributed by atoms with Crippen molar-refractivity contribution in [1.29, 1.82) is 10.5 Å². The topological polar surface area (TPSA) is 68.8 Å². The number of nitrogens with one attached hydrogen (secondary N) is 1. The zero-order chi connectivity index (χ0) is 11.3. The molecule has 0 bridgehead atoms. The van der Waals surface area contributed by atoms with Gasteiger partial charge in [-0.05, 0) is 19.1 Å². The normalized spacial score (nSPS) is 10.9. The van der Waals surface area contributed by atoms with Gasteiger partial charge in [0.1, 0.15) is 17.9 Å². The van der Waals surface area contributed by atoms with Gasteiger partial charge in [-0.2, -0.15) is 10.5 Å². The Morgan fingerprint density at radius 1 is 1.40 bits per heavy atom. The van der Waals surface area contributed by atoms with E-state index in [0.29, 0.717) is 17.0 Å². The van der Waals surface area contributed by atoms with Crippen LogP contribution in [0.15, 0.2) is 18.2 Å². The number of benzene rings is 1. The molecule has 1 unspecified atom stereocenters. The van der Waals surface area contributed by atoms with Crippen molar-refractivity contribution in [1.82, 2.24) is 0 Å². The quantitative estimate of drug-likeness (QED) is 0.810. The predicted molar refractivity (Wildman–Crippen MR) is 56.4 cm³/mol. The van der Waals surface area contributed by atoms with E-state index in [2.05, 4.69) is 5.32 Å². The van der Waals surface area contributed by atoms with E-state index in [9.17, 15) is 0 Å². The molecule has 0 amide bonds. The van der Waals surface area contributed by atoms with Crippen LogP contribution in [0, 0.1) is 22.7 Å². The summed E-state index contributed by atoms with van der Waals surface area (Å²) in [6, 6.07) is 8.88. The highest BCUT2D eigenvalue weighted by Crippen LogP contribution is 2.28. The van der Waals surface area contributed by atoms with E-state index in [1.165, 1.54) is 7.11 Å². The third kappa shape index (κ3) is 2.38. The minimum atomic E-state index is -0.367. The van der Waals surface area contributed by atoms with Gasteiger partial charge in [0.2, 0.25) is 0 Å². The van der Waals surface area contributed by atoms with Crippen molar-refractivity contribution in [2.75, 3.05) is 12.4 Å². The SMILES string of the molecule is COc1cccc(C#N)c1NC(C)C#N. The summed E-state index contributed by atoms with van der Waals surface area (Å²) >= 11 is 0. The maximum absolute atomic E-state index is 8.90. The van der Waals surface area contributed by atoms with E-state index in [0.717, 1.165) is 0 Å². The number of hydrogen-bond acceptors (Lipinski definition) is 4. The first-order valence-electron chi connectivity index (χ1n) is 4.46. The average molecular weight is 201 g/mol. The summed E-state index contributed by atoms with van der Waals surface area (Å²) in [4.78, 5) is 0. The number of nitrogens with zero attached hydrogens (tertiary/aromatic N) is 2. The summed E-state index contributed by atoms with van der Waals surface area (Å²) < 4.78 is 5.11. The molecule has 4 nitrogen and oxygen atoms in total. The molecule has 1 rings (SSSR count). The average Bonchev–Trinajstić information content (AvgIpc) is 2.29. The zero-order valence-corrected chi connectivity index (χ0v) is 8.61. The van der Waals surface area contributed by atoms with Gasteiger partial charge in [0.15, 0.2) is 0 Å². The second kappa shape index (κ2) is 4.88. The molecular weight excluding hydrogens is 190 g/mol. The molecule has 0 fully saturated rings. The Morgan fingerprint density at radius 3 is 2.67 bits per heavy atom. The van der Waals surface area contributed by atoms with Gasteiger partial charge in [-0.1, -0.05) is 6.07 Å². The van der Waals surface area contributed by atoms with Crippen LogP contribution in [0.25, 0.3) is 0 Å². The lowest BCUT2D eigenvalue weighted by molar-refractivity contribution is 0.416. The van der Waals surface area contributed by atoms with E-state index in [-0.39, 0.29) is 6.04 Å². The fourth-order valence-electron chi connectivity index (χ4n) is 1.19. The molecular formula is C11H11N3O. The summed E-state index contributed by atoms with van der Waals surface area (Å²) in [5.41, 5.74) is 1.04. The molecule has 0 saturated heterocycles. The van der Waals surface area contributed by atoms with Crippen molar-refractivity contribution in [2.24, 2.45) is 0 Å². The Balaban J connectivity index is 3.13. The van der Waals surface area contributed by atoms with Gasteiger partial charge in [-0.3, -0.25) is 0 Å². The van der Waals surface area contributed by atoms with Crippen LogP contribution in [0.2, 0.25) is 0 Å². The summed E-state index contributed by atoms with van der Waals surface area (Å²) in [7, 11) is 1.53. The highest BCUT2D eigenvalue weighted by atomic mass is 16.5. The number of anilines is 1. The van der Waals surface area contributed by atoms with Crippen molar-refractivity contribution in [3.63, 3.8) is 0 Å². The van der Waals surface area contributed by atoms with E-state index >= 15 is 0 Å². The first-order valence-corrected chi connectivity index (χ1v) is 4.46. The fourth-order valence-corrected chi connectivity index (χ4v) is 1.19. The predicted octanol–water partition coefficient (Wildman–Crippen LogP) is 1.89. The molecule has 0 radical (unpaired) electrons. The molecule has 0 aliphatic heterocycles. The van der Waals surface area contributed by atoms with Crippen LogP contribution in [-0.4, -0.2) is 13.2 Å². The largest absolute Gasteiger partial charge is 0.495 e. The van der Waals surface area contributed by atoms with Gasteiger partial charge in [0, 0.05) is 0 Å². The molecule has 0 spiro atoms. The zero-order valence-electron chi connectivity index (χ0n) is 8.61. The molecule has 0 aromatic heterocycles. The number of nitriles is 2. The molecule has 15 heavy (non-hydrogen) atoms. The number of ether oxygens (including phenoxy) is 1.